The minimum atomic E-state index is -4.00. The highest BCUT2D eigenvalue weighted by atomic mass is 35.5. The fourth-order valence-electron chi connectivity index (χ4n) is 6.77. The van der Waals surface area contributed by atoms with Crippen LogP contribution < -0.4 is 24.8 Å². The van der Waals surface area contributed by atoms with Gasteiger partial charge >= 0.3 is 0 Å². The third-order valence-electron chi connectivity index (χ3n) is 10.3. The SMILES string of the molecule is C=CC1CC1(NC(=O)C1CC(Oc2cc(OCC)nc3c(Cl)cccc23)CN1C(=O)C(CC(=O)NC(C)(C)C)C(C)(C)C)C(=O)NS(=O)(=O)C1(C)CC1. The van der Waals surface area contributed by atoms with Crippen molar-refractivity contribution in [2.75, 3.05) is 13.2 Å². The van der Waals surface area contributed by atoms with Crippen LogP contribution in [0.2, 0.25) is 5.02 Å². The molecule has 53 heavy (non-hydrogen) atoms. The van der Waals surface area contributed by atoms with E-state index in [1.54, 1.807) is 31.2 Å². The number of fused-ring (bicyclic) bond motifs is 1. The molecular weight excluding hydrogens is 722 g/mol. The summed E-state index contributed by atoms with van der Waals surface area (Å²) in [6, 6.07) is 5.77. The lowest BCUT2D eigenvalue weighted by molar-refractivity contribution is -0.147. The molecule has 2 aliphatic carbocycles. The Kier molecular flexibility index (Phi) is 10.9. The molecule has 1 aromatic heterocycles. The van der Waals surface area contributed by atoms with Gasteiger partial charge in [0.05, 0.1) is 34.4 Å². The van der Waals surface area contributed by atoms with Gasteiger partial charge in [-0.3, -0.25) is 23.9 Å². The summed E-state index contributed by atoms with van der Waals surface area (Å²) in [6.07, 6.45) is 1.69. The number of pyridine rings is 1. The summed E-state index contributed by atoms with van der Waals surface area (Å²) in [5.74, 6) is -2.91. The minimum absolute atomic E-state index is 0.0183. The van der Waals surface area contributed by atoms with E-state index >= 15 is 0 Å². The summed E-state index contributed by atoms with van der Waals surface area (Å²) in [7, 11) is -4.00. The largest absolute Gasteiger partial charge is 0.488 e. The summed E-state index contributed by atoms with van der Waals surface area (Å²) >= 11 is 6.50. The number of halogens is 1. The number of nitrogens with one attached hydrogen (secondary N) is 3. The zero-order valence-electron chi connectivity index (χ0n) is 31.8. The zero-order chi connectivity index (χ0) is 39.3. The quantitative estimate of drug-likeness (QED) is 0.245. The van der Waals surface area contributed by atoms with E-state index in [-0.39, 0.29) is 37.6 Å². The number of ether oxygens (including phenoxy) is 2. The van der Waals surface area contributed by atoms with Gasteiger partial charge in [0.1, 0.15) is 23.4 Å². The molecule has 0 bridgehead atoms. The van der Waals surface area contributed by atoms with E-state index in [0.717, 1.165) is 0 Å². The average molecular weight is 774 g/mol. The Morgan fingerprint density at radius 1 is 1.15 bits per heavy atom. The lowest BCUT2D eigenvalue weighted by atomic mass is 9.77. The first-order chi connectivity index (χ1) is 24.5. The zero-order valence-corrected chi connectivity index (χ0v) is 33.4. The summed E-state index contributed by atoms with van der Waals surface area (Å²) in [5.41, 5.74) is -2.32. The van der Waals surface area contributed by atoms with Gasteiger partial charge in [-0.15, -0.1) is 6.58 Å². The maximum absolute atomic E-state index is 14.6. The van der Waals surface area contributed by atoms with E-state index < -0.39 is 73.0 Å². The Bertz CT molecular complexity index is 1920. The van der Waals surface area contributed by atoms with Crippen molar-refractivity contribution in [3.05, 3.63) is 41.9 Å². The van der Waals surface area contributed by atoms with E-state index in [4.69, 9.17) is 21.1 Å². The highest BCUT2D eigenvalue weighted by Gasteiger charge is 2.63. The fourth-order valence-corrected chi connectivity index (χ4v) is 8.30. The number of benzene rings is 1. The van der Waals surface area contributed by atoms with Crippen molar-refractivity contribution in [3.8, 4) is 11.6 Å². The van der Waals surface area contributed by atoms with Gasteiger partial charge in [0, 0.05) is 35.8 Å². The highest BCUT2D eigenvalue weighted by molar-refractivity contribution is 7.91. The summed E-state index contributed by atoms with van der Waals surface area (Å²) in [5, 5.41) is 6.74. The van der Waals surface area contributed by atoms with Gasteiger partial charge in [0.25, 0.3) is 5.91 Å². The monoisotopic (exact) mass is 773 g/mol. The smallest absolute Gasteiger partial charge is 0.259 e. The molecule has 5 rings (SSSR count). The summed E-state index contributed by atoms with van der Waals surface area (Å²) < 4.78 is 39.4. The second-order valence-electron chi connectivity index (χ2n) is 16.8. The van der Waals surface area contributed by atoms with Crippen LogP contribution in [-0.2, 0) is 29.2 Å². The molecule has 1 aliphatic heterocycles. The van der Waals surface area contributed by atoms with Gasteiger partial charge in [-0.2, -0.15) is 0 Å². The molecular formula is C38H52ClN5O8S. The lowest BCUT2D eigenvalue weighted by Gasteiger charge is -2.35. The van der Waals surface area contributed by atoms with Crippen LogP contribution in [-0.4, -0.2) is 83.1 Å². The van der Waals surface area contributed by atoms with Crippen molar-refractivity contribution in [3.63, 3.8) is 0 Å². The Labute approximate surface area is 317 Å². The minimum Gasteiger partial charge on any atom is -0.488 e. The van der Waals surface area contributed by atoms with Crippen LogP contribution in [0.4, 0.5) is 0 Å². The van der Waals surface area contributed by atoms with Crippen molar-refractivity contribution in [1.82, 2.24) is 25.2 Å². The van der Waals surface area contributed by atoms with Gasteiger partial charge in [-0.25, -0.2) is 13.4 Å². The number of carbonyl (C=O) groups excluding carboxylic acids is 4. The number of likely N-dealkylation sites (tertiary alicyclic amines) is 1. The van der Waals surface area contributed by atoms with Gasteiger partial charge < -0.3 is 25.0 Å². The summed E-state index contributed by atoms with van der Waals surface area (Å²) in [6.45, 7) is 18.6. The third kappa shape index (κ3) is 8.58. The van der Waals surface area contributed by atoms with Crippen LogP contribution in [0.3, 0.4) is 0 Å². The van der Waals surface area contributed by atoms with Crippen molar-refractivity contribution < 1.29 is 37.1 Å². The van der Waals surface area contributed by atoms with Crippen LogP contribution in [0.1, 0.15) is 87.5 Å². The molecule has 1 aromatic carbocycles. The number of nitrogens with zero attached hydrogens (tertiary/aromatic N) is 2. The van der Waals surface area contributed by atoms with Crippen molar-refractivity contribution >= 4 is 56.2 Å². The van der Waals surface area contributed by atoms with Gasteiger partial charge in [0.15, 0.2) is 0 Å². The molecule has 3 fully saturated rings. The molecule has 290 valence electrons. The molecule has 15 heteroatoms. The van der Waals surface area contributed by atoms with Crippen molar-refractivity contribution in [2.24, 2.45) is 17.3 Å². The molecule has 13 nitrogen and oxygen atoms in total. The topological polar surface area (TPSA) is 173 Å². The molecule has 5 atom stereocenters. The molecule has 2 aromatic rings. The number of aromatic nitrogens is 1. The second-order valence-corrected chi connectivity index (χ2v) is 19.4. The fraction of sp³-hybridized carbons (Fsp3) is 0.605. The maximum Gasteiger partial charge on any atom is 0.259 e. The summed E-state index contributed by atoms with van der Waals surface area (Å²) in [4.78, 5) is 61.8. The van der Waals surface area contributed by atoms with Gasteiger partial charge in [0.2, 0.25) is 33.6 Å². The number of para-hydroxylation sites is 1. The maximum atomic E-state index is 14.6. The number of rotatable bonds is 13. The molecule has 5 unspecified atom stereocenters. The Hall–Kier alpha value is -3.91. The van der Waals surface area contributed by atoms with Gasteiger partial charge in [-0.1, -0.05) is 44.5 Å². The van der Waals surface area contributed by atoms with E-state index in [2.05, 4.69) is 26.9 Å². The molecule has 2 saturated carbocycles. The molecule has 0 spiro atoms. The van der Waals surface area contributed by atoms with Crippen LogP contribution in [0.5, 0.6) is 11.6 Å². The molecule has 1 saturated heterocycles. The average Bonchev–Trinajstić information content (AvgIpc) is 3.93. The van der Waals surface area contributed by atoms with Crippen LogP contribution >= 0.6 is 11.6 Å². The van der Waals surface area contributed by atoms with E-state index in [9.17, 15) is 27.6 Å². The predicted octanol–water partition coefficient (Wildman–Crippen LogP) is 4.66. The van der Waals surface area contributed by atoms with Crippen molar-refractivity contribution in [2.45, 2.75) is 115 Å². The number of hydrogen-bond acceptors (Lipinski definition) is 9. The number of amides is 4. The predicted molar refractivity (Wildman–Crippen MR) is 202 cm³/mol. The van der Waals surface area contributed by atoms with Gasteiger partial charge in [-0.05, 0) is 71.4 Å². The molecule has 2 heterocycles. The number of hydrogen-bond donors (Lipinski definition) is 3. The highest BCUT2D eigenvalue weighted by Crippen LogP contribution is 2.47. The Morgan fingerprint density at radius 3 is 2.40 bits per heavy atom. The van der Waals surface area contributed by atoms with E-state index in [0.29, 0.717) is 41.1 Å². The standard InChI is InChI=1S/C38H52ClN5O8S/c1-10-22-20-38(22,34(48)43-53(49,50)37(9)15-16-37)42-32(46)27-17-23(52-28-19-30(51-11-2)40-31-24(28)13-12-14-26(31)39)21-44(27)33(47)25(35(3,4)5)18-29(45)41-36(6,7)8/h10,12-14,19,22-23,25,27H,1,11,15-18,20-21H2,2-9H3,(H,41,45)(H,42,46)(H,43,48). The second kappa shape index (κ2) is 14.4. The molecule has 3 aliphatic rings. The molecule has 3 N–H and O–H groups in total. The first-order valence-electron chi connectivity index (χ1n) is 18.1. The van der Waals surface area contributed by atoms with Crippen LogP contribution in [0.25, 0.3) is 10.9 Å². The molecule has 0 radical (unpaired) electrons. The lowest BCUT2D eigenvalue weighted by Crippen LogP contribution is -2.58. The molecule has 4 amide bonds. The Morgan fingerprint density at radius 2 is 1.83 bits per heavy atom. The van der Waals surface area contributed by atoms with E-state index in [1.807, 2.05) is 48.5 Å². The first-order valence-corrected chi connectivity index (χ1v) is 19.9. The number of carbonyl (C=O) groups is 4. The van der Waals surface area contributed by atoms with Crippen LogP contribution in [0.15, 0.2) is 36.9 Å². The van der Waals surface area contributed by atoms with E-state index in [1.165, 1.54) is 11.0 Å². The first kappa shape index (κ1) is 40.3. The number of sulfonamides is 1. The van der Waals surface area contributed by atoms with Crippen molar-refractivity contribution in [1.29, 1.82) is 0 Å². The third-order valence-corrected chi connectivity index (χ3v) is 12.8. The Balaban J connectivity index is 1.48. The van der Waals surface area contributed by atoms with Crippen LogP contribution in [0, 0.1) is 17.3 Å². The normalized spacial score (nSPS) is 24.2.